The van der Waals surface area contributed by atoms with Crippen LogP contribution in [0.4, 0.5) is 0 Å². The molecule has 1 aliphatic heterocycles. The Morgan fingerprint density at radius 2 is 1.88 bits per heavy atom. The van der Waals surface area contributed by atoms with E-state index in [4.69, 9.17) is 0 Å². The molecule has 2 N–H and O–H groups in total. The second-order valence-electron chi connectivity index (χ2n) is 3.96. The molecule has 1 fully saturated rings. The fourth-order valence-electron chi connectivity index (χ4n) is 1.58. The van der Waals surface area contributed by atoms with E-state index in [1.807, 2.05) is 0 Å². The molecule has 0 aromatic heterocycles. The van der Waals surface area contributed by atoms with Crippen molar-refractivity contribution in [1.82, 2.24) is 9.62 Å². The Morgan fingerprint density at radius 1 is 1.31 bits per heavy atom. The van der Waals surface area contributed by atoms with Crippen LogP contribution >= 0.6 is 0 Å². The minimum absolute atomic E-state index is 0.309. The highest BCUT2D eigenvalue weighted by Gasteiger charge is 2.36. The van der Waals surface area contributed by atoms with E-state index >= 15 is 0 Å². The molecular weight excluding hydrogens is 256 g/mol. The van der Waals surface area contributed by atoms with E-state index in [9.17, 15) is 21.9 Å². The normalized spacial score (nSPS) is 27.5. The Balaban J connectivity index is 2.84. The van der Waals surface area contributed by atoms with Gasteiger partial charge in [-0.2, -0.15) is 4.31 Å². The Labute approximate surface area is 95.4 Å². The largest absolute Gasteiger partial charge is 0.390 e. The second-order valence-corrected chi connectivity index (χ2v) is 8.50. The summed E-state index contributed by atoms with van der Waals surface area (Å²) in [6.07, 6.45) is 0.0566. The number of sulfonamides is 1. The molecule has 0 radical (unpaired) electrons. The molecule has 0 saturated carbocycles. The molecular formula is C7H16N2O5S2. The van der Waals surface area contributed by atoms with E-state index in [1.54, 1.807) is 0 Å². The van der Waals surface area contributed by atoms with E-state index in [-0.39, 0.29) is 0 Å². The summed E-state index contributed by atoms with van der Waals surface area (Å²) in [6.45, 7) is 0.629. The zero-order chi connectivity index (χ0) is 12.6. The average molecular weight is 272 g/mol. The van der Waals surface area contributed by atoms with Gasteiger partial charge in [0.05, 0.1) is 12.1 Å². The van der Waals surface area contributed by atoms with Crippen molar-refractivity contribution < 1.29 is 21.9 Å². The lowest BCUT2D eigenvalue weighted by Crippen LogP contribution is -2.45. The molecule has 9 heteroatoms. The number of nitrogens with zero attached hydrogens (tertiary/aromatic N) is 1. The molecule has 1 saturated heterocycles. The van der Waals surface area contributed by atoms with Gasteiger partial charge in [-0.15, -0.1) is 0 Å². The first kappa shape index (κ1) is 13.8. The lowest BCUT2D eigenvalue weighted by molar-refractivity contribution is 0.136. The van der Waals surface area contributed by atoms with Gasteiger partial charge in [0.25, 0.3) is 0 Å². The number of nitrogens with one attached hydrogen (secondary N) is 1. The number of rotatable bonds is 4. The van der Waals surface area contributed by atoms with Crippen molar-refractivity contribution in [1.29, 1.82) is 0 Å². The Hall–Kier alpha value is -0.220. The Kier molecular flexibility index (Phi) is 3.95. The van der Waals surface area contributed by atoms with Crippen molar-refractivity contribution in [3.8, 4) is 0 Å². The van der Waals surface area contributed by atoms with Gasteiger partial charge in [-0.3, -0.25) is 0 Å². The Bertz CT molecular complexity index is 443. The topological polar surface area (TPSA) is 104 Å². The van der Waals surface area contributed by atoms with Crippen LogP contribution in [0.2, 0.25) is 0 Å². The third kappa shape index (κ3) is 3.39. The summed E-state index contributed by atoms with van der Waals surface area (Å²) < 4.78 is 46.2. The molecule has 0 bridgehead atoms. The highest BCUT2D eigenvalue weighted by Crippen LogP contribution is 2.13. The lowest BCUT2D eigenvalue weighted by atomic mass is 10.2. The third-order valence-corrected chi connectivity index (χ3v) is 6.47. The molecule has 1 aliphatic rings. The molecule has 16 heavy (non-hydrogen) atoms. The number of aliphatic hydroxyl groups excluding tert-OH is 1. The van der Waals surface area contributed by atoms with Gasteiger partial charge in [0, 0.05) is 26.4 Å². The number of hydrogen-bond donors (Lipinski definition) is 2. The first-order valence-electron chi connectivity index (χ1n) is 4.66. The van der Waals surface area contributed by atoms with Crippen LogP contribution in [0.3, 0.4) is 0 Å². The summed E-state index contributed by atoms with van der Waals surface area (Å²) in [5.41, 5.74) is 0. The number of likely N-dealkylation sites (N-methyl/N-ethyl adjacent to an activating group) is 1. The molecule has 96 valence electrons. The molecule has 0 amide bonds. The van der Waals surface area contributed by atoms with Crippen molar-refractivity contribution in [2.24, 2.45) is 0 Å². The highest BCUT2D eigenvalue weighted by atomic mass is 32.3. The third-order valence-electron chi connectivity index (χ3n) is 2.42. The molecule has 1 heterocycles. The first-order chi connectivity index (χ1) is 7.13. The number of hydrogen-bond acceptors (Lipinski definition) is 6. The van der Waals surface area contributed by atoms with Crippen LogP contribution < -0.4 is 5.32 Å². The molecule has 7 nitrogen and oxygen atoms in total. The lowest BCUT2D eigenvalue weighted by Gasteiger charge is -2.25. The standard InChI is InChI=1S/C7H16N2O5S2/c1-9(6-3-8-4-7(6)10)16(13,14)5-15(2,11)12/h6-8,10H,3-5H2,1-2H3/t6-,7-/m0/s1. The number of β-amino-alcohol motifs (C(OH)–C–C–N with tert-alkyl or cyclic N) is 1. The van der Waals surface area contributed by atoms with Gasteiger partial charge < -0.3 is 10.4 Å². The minimum atomic E-state index is -3.89. The SMILES string of the molecule is CN([C@H]1CNC[C@@H]1O)S(=O)(=O)CS(C)(=O)=O. The minimum Gasteiger partial charge on any atom is -0.390 e. The van der Waals surface area contributed by atoms with Crippen LogP contribution in [0.1, 0.15) is 0 Å². The summed E-state index contributed by atoms with van der Waals surface area (Å²) in [5.74, 6) is 0. The highest BCUT2D eigenvalue weighted by molar-refractivity contribution is 8.06. The second kappa shape index (κ2) is 4.57. The van der Waals surface area contributed by atoms with Crippen LogP contribution in [0.25, 0.3) is 0 Å². The fourth-order valence-corrected chi connectivity index (χ4v) is 5.04. The number of aliphatic hydroxyl groups is 1. The monoisotopic (exact) mass is 272 g/mol. The van der Waals surface area contributed by atoms with Crippen molar-refractivity contribution in [3.05, 3.63) is 0 Å². The molecule has 0 aromatic rings. The molecule has 1 rings (SSSR count). The van der Waals surface area contributed by atoms with Crippen molar-refractivity contribution in [3.63, 3.8) is 0 Å². The van der Waals surface area contributed by atoms with E-state index < -0.39 is 37.1 Å². The number of sulfone groups is 1. The maximum atomic E-state index is 11.7. The van der Waals surface area contributed by atoms with E-state index in [0.29, 0.717) is 13.1 Å². The van der Waals surface area contributed by atoms with Gasteiger partial charge >= 0.3 is 0 Å². The van der Waals surface area contributed by atoms with Gasteiger partial charge in [-0.05, 0) is 0 Å². The summed E-state index contributed by atoms with van der Waals surface area (Å²) >= 11 is 0. The van der Waals surface area contributed by atoms with Crippen molar-refractivity contribution in [2.45, 2.75) is 12.1 Å². The van der Waals surface area contributed by atoms with Crippen molar-refractivity contribution >= 4 is 19.9 Å². The fraction of sp³-hybridized carbons (Fsp3) is 1.00. The first-order valence-corrected chi connectivity index (χ1v) is 8.33. The van der Waals surface area contributed by atoms with Crippen LogP contribution in [0.15, 0.2) is 0 Å². The molecule has 0 unspecified atom stereocenters. The molecule has 0 spiro atoms. The van der Waals surface area contributed by atoms with Crippen molar-refractivity contribution in [2.75, 3.05) is 31.5 Å². The zero-order valence-electron chi connectivity index (χ0n) is 9.12. The van der Waals surface area contributed by atoms with Gasteiger partial charge in [0.1, 0.15) is 0 Å². The zero-order valence-corrected chi connectivity index (χ0v) is 10.8. The molecule has 0 aromatic carbocycles. The van der Waals surface area contributed by atoms with Gasteiger partial charge in [0.15, 0.2) is 14.9 Å². The predicted molar refractivity (Wildman–Crippen MR) is 59.1 cm³/mol. The summed E-state index contributed by atoms with van der Waals surface area (Å²) in [7, 11) is -6.22. The summed E-state index contributed by atoms with van der Waals surface area (Å²) in [5, 5.41) is 11.4. The van der Waals surface area contributed by atoms with Gasteiger partial charge in [-0.1, -0.05) is 0 Å². The Morgan fingerprint density at radius 3 is 2.25 bits per heavy atom. The quantitative estimate of drug-likeness (QED) is 0.590. The maximum absolute atomic E-state index is 11.7. The van der Waals surface area contributed by atoms with Gasteiger partial charge in [-0.25, -0.2) is 16.8 Å². The maximum Gasteiger partial charge on any atom is 0.228 e. The summed E-state index contributed by atoms with van der Waals surface area (Å²) in [4.78, 5) is 0. The smallest absolute Gasteiger partial charge is 0.228 e. The van der Waals surface area contributed by atoms with E-state index in [2.05, 4.69) is 5.32 Å². The van der Waals surface area contributed by atoms with Gasteiger partial charge in [0.2, 0.25) is 10.0 Å². The molecule has 0 aliphatic carbocycles. The predicted octanol–water partition coefficient (Wildman–Crippen LogP) is -2.42. The average Bonchev–Trinajstić information content (AvgIpc) is 2.45. The van der Waals surface area contributed by atoms with Crippen LogP contribution in [-0.4, -0.2) is 69.9 Å². The van der Waals surface area contributed by atoms with Crippen LogP contribution in [0.5, 0.6) is 0 Å². The molecule has 2 atom stereocenters. The van der Waals surface area contributed by atoms with Crippen LogP contribution in [0, 0.1) is 0 Å². The summed E-state index contributed by atoms with van der Waals surface area (Å²) in [6, 6.07) is -0.605. The van der Waals surface area contributed by atoms with E-state index in [0.717, 1.165) is 10.6 Å². The van der Waals surface area contributed by atoms with Crippen LogP contribution in [-0.2, 0) is 19.9 Å². The van der Waals surface area contributed by atoms with E-state index in [1.165, 1.54) is 7.05 Å².